The van der Waals surface area contributed by atoms with Gasteiger partial charge >= 0.3 is 0 Å². The van der Waals surface area contributed by atoms with Gasteiger partial charge in [0.1, 0.15) is 11.5 Å². The van der Waals surface area contributed by atoms with Gasteiger partial charge < -0.3 is 4.57 Å². The van der Waals surface area contributed by atoms with Crippen molar-refractivity contribution < 1.29 is 0 Å². The standard InChI is InChI=1S/C14H20NS/c1-4-10-16(5-2)14-11-15(3)13-9-7-6-8-12(13)14/h6-9,11H,4-5,10H2,1-3H3/q+1. The van der Waals surface area contributed by atoms with E-state index < -0.39 is 0 Å². The predicted octanol–water partition coefficient (Wildman–Crippen LogP) is 3.59. The molecule has 0 aliphatic carbocycles. The molecule has 0 aliphatic rings. The van der Waals surface area contributed by atoms with E-state index in [-0.39, 0.29) is 0 Å². The molecule has 1 atom stereocenters. The van der Waals surface area contributed by atoms with Gasteiger partial charge in [0.25, 0.3) is 0 Å². The highest BCUT2D eigenvalue weighted by molar-refractivity contribution is 7.97. The smallest absolute Gasteiger partial charge is 0.180 e. The second-order valence-corrected chi connectivity index (χ2v) is 6.52. The summed E-state index contributed by atoms with van der Waals surface area (Å²) >= 11 is 0. The maximum atomic E-state index is 2.33. The number of aromatic nitrogens is 1. The van der Waals surface area contributed by atoms with E-state index in [0.29, 0.717) is 10.9 Å². The molecule has 1 aromatic heterocycles. The fourth-order valence-electron chi connectivity index (χ4n) is 2.19. The molecule has 0 bridgehead atoms. The normalized spacial score (nSPS) is 13.2. The van der Waals surface area contributed by atoms with Gasteiger partial charge in [0.2, 0.25) is 0 Å². The molecule has 0 fully saturated rings. The summed E-state index contributed by atoms with van der Waals surface area (Å²) in [6.45, 7) is 4.58. The first-order chi connectivity index (χ1) is 7.77. The summed E-state index contributed by atoms with van der Waals surface area (Å²) in [6, 6.07) is 8.74. The Morgan fingerprint density at radius 1 is 1.19 bits per heavy atom. The largest absolute Gasteiger partial charge is 0.346 e. The molecule has 0 radical (unpaired) electrons. The van der Waals surface area contributed by atoms with Crippen molar-refractivity contribution in [3.63, 3.8) is 0 Å². The first kappa shape index (κ1) is 11.6. The number of aryl methyl sites for hydroxylation is 1. The number of hydrogen-bond acceptors (Lipinski definition) is 0. The Bertz CT molecular complexity index is 473. The van der Waals surface area contributed by atoms with Crippen molar-refractivity contribution in [2.24, 2.45) is 7.05 Å². The van der Waals surface area contributed by atoms with Crippen LogP contribution in [-0.4, -0.2) is 16.1 Å². The van der Waals surface area contributed by atoms with Crippen LogP contribution in [0.5, 0.6) is 0 Å². The number of para-hydroxylation sites is 1. The summed E-state index contributed by atoms with van der Waals surface area (Å²) in [6.07, 6.45) is 3.60. The lowest BCUT2D eigenvalue weighted by Gasteiger charge is -2.02. The summed E-state index contributed by atoms with van der Waals surface area (Å²) in [5, 5.41) is 1.45. The van der Waals surface area contributed by atoms with Crippen LogP contribution in [0.1, 0.15) is 20.3 Å². The third kappa shape index (κ3) is 1.99. The van der Waals surface area contributed by atoms with Crippen LogP contribution < -0.4 is 0 Å². The molecule has 0 aliphatic heterocycles. The number of nitrogens with zero attached hydrogens (tertiary/aromatic N) is 1. The van der Waals surface area contributed by atoms with Crippen LogP contribution in [0.25, 0.3) is 10.9 Å². The van der Waals surface area contributed by atoms with Gasteiger partial charge in [-0.1, -0.05) is 19.1 Å². The molecular formula is C14H20NS+. The van der Waals surface area contributed by atoms with Gasteiger partial charge in [-0.3, -0.25) is 0 Å². The van der Waals surface area contributed by atoms with Crippen LogP contribution in [0.2, 0.25) is 0 Å². The molecule has 1 unspecified atom stereocenters. The molecule has 1 heterocycles. The van der Waals surface area contributed by atoms with Crippen molar-refractivity contribution in [3.8, 4) is 0 Å². The minimum Gasteiger partial charge on any atom is -0.346 e. The van der Waals surface area contributed by atoms with Crippen LogP contribution >= 0.6 is 0 Å². The van der Waals surface area contributed by atoms with E-state index in [9.17, 15) is 0 Å². The van der Waals surface area contributed by atoms with Crippen molar-refractivity contribution in [1.29, 1.82) is 0 Å². The average molecular weight is 234 g/mol. The van der Waals surface area contributed by atoms with Gasteiger partial charge in [0.15, 0.2) is 4.90 Å². The van der Waals surface area contributed by atoms with Crippen LogP contribution in [0.3, 0.4) is 0 Å². The molecule has 0 saturated carbocycles. The highest BCUT2D eigenvalue weighted by atomic mass is 32.2. The summed E-state index contributed by atoms with van der Waals surface area (Å²) in [7, 11) is 2.58. The lowest BCUT2D eigenvalue weighted by Crippen LogP contribution is -2.09. The van der Waals surface area contributed by atoms with Crippen molar-refractivity contribution in [2.45, 2.75) is 25.2 Å². The van der Waals surface area contributed by atoms with E-state index in [1.807, 2.05) is 0 Å². The first-order valence-corrected chi connectivity index (χ1v) is 7.55. The fraction of sp³-hybridized carbons (Fsp3) is 0.429. The third-order valence-corrected chi connectivity index (χ3v) is 5.52. The molecular weight excluding hydrogens is 214 g/mol. The van der Waals surface area contributed by atoms with Gasteiger partial charge in [-0.2, -0.15) is 0 Å². The summed E-state index contributed by atoms with van der Waals surface area (Å²) in [5.41, 5.74) is 1.36. The van der Waals surface area contributed by atoms with E-state index in [1.165, 1.54) is 28.8 Å². The number of hydrogen-bond donors (Lipinski definition) is 0. The molecule has 2 rings (SSSR count). The minimum atomic E-state index is 0.431. The topological polar surface area (TPSA) is 4.93 Å². The maximum absolute atomic E-state index is 2.33. The van der Waals surface area contributed by atoms with Crippen molar-refractivity contribution >= 4 is 21.8 Å². The van der Waals surface area contributed by atoms with Gasteiger partial charge in [0.05, 0.1) is 17.1 Å². The second kappa shape index (κ2) is 4.96. The van der Waals surface area contributed by atoms with Gasteiger partial charge in [-0.15, -0.1) is 0 Å². The molecule has 0 saturated heterocycles. The Morgan fingerprint density at radius 3 is 2.62 bits per heavy atom. The molecule has 1 aromatic carbocycles. The van der Waals surface area contributed by atoms with E-state index in [1.54, 1.807) is 4.90 Å². The molecule has 0 N–H and O–H groups in total. The van der Waals surface area contributed by atoms with Gasteiger partial charge in [-0.05, 0) is 25.5 Å². The molecule has 0 spiro atoms. The predicted molar refractivity (Wildman–Crippen MR) is 74.2 cm³/mol. The first-order valence-electron chi connectivity index (χ1n) is 5.99. The van der Waals surface area contributed by atoms with Crippen LogP contribution in [0.15, 0.2) is 35.4 Å². The Balaban J connectivity index is 2.51. The zero-order chi connectivity index (χ0) is 11.5. The average Bonchev–Trinajstić information content (AvgIpc) is 2.65. The number of benzene rings is 1. The van der Waals surface area contributed by atoms with Gasteiger partial charge in [0, 0.05) is 17.9 Å². The van der Waals surface area contributed by atoms with Crippen LogP contribution in [-0.2, 0) is 17.9 Å². The molecule has 1 nitrogen and oxygen atoms in total. The van der Waals surface area contributed by atoms with E-state index >= 15 is 0 Å². The molecule has 0 amide bonds. The number of fused-ring (bicyclic) bond motifs is 1. The monoisotopic (exact) mass is 234 g/mol. The summed E-state index contributed by atoms with van der Waals surface area (Å²) in [5.74, 6) is 2.59. The van der Waals surface area contributed by atoms with E-state index in [0.717, 1.165) is 0 Å². The van der Waals surface area contributed by atoms with Crippen molar-refractivity contribution in [2.75, 3.05) is 11.5 Å². The van der Waals surface area contributed by atoms with Gasteiger partial charge in [-0.25, -0.2) is 0 Å². The summed E-state index contributed by atoms with van der Waals surface area (Å²) < 4.78 is 2.26. The Morgan fingerprint density at radius 2 is 1.94 bits per heavy atom. The maximum Gasteiger partial charge on any atom is 0.180 e. The Kier molecular flexibility index (Phi) is 3.59. The van der Waals surface area contributed by atoms with E-state index in [2.05, 4.69) is 55.9 Å². The van der Waals surface area contributed by atoms with Crippen LogP contribution in [0, 0.1) is 0 Å². The van der Waals surface area contributed by atoms with Crippen molar-refractivity contribution in [3.05, 3.63) is 30.5 Å². The Hall–Kier alpha value is -0.890. The van der Waals surface area contributed by atoms with E-state index in [4.69, 9.17) is 0 Å². The highest BCUT2D eigenvalue weighted by Crippen LogP contribution is 2.27. The SMILES string of the molecule is CCC[S+](CC)c1cn(C)c2ccccc12. The fourth-order valence-corrected chi connectivity index (χ4v) is 4.29. The quantitative estimate of drug-likeness (QED) is 0.713. The summed E-state index contributed by atoms with van der Waals surface area (Å²) in [4.78, 5) is 1.56. The van der Waals surface area contributed by atoms with Crippen LogP contribution in [0.4, 0.5) is 0 Å². The lowest BCUT2D eigenvalue weighted by molar-refractivity contribution is 0.956. The minimum absolute atomic E-state index is 0.431. The molecule has 2 heteroatoms. The zero-order valence-corrected chi connectivity index (χ0v) is 11.2. The molecule has 86 valence electrons. The molecule has 16 heavy (non-hydrogen) atoms. The number of rotatable bonds is 4. The Labute approximate surface area is 101 Å². The second-order valence-electron chi connectivity index (χ2n) is 4.11. The third-order valence-electron chi connectivity index (χ3n) is 2.97. The zero-order valence-electron chi connectivity index (χ0n) is 10.4. The molecule has 2 aromatic rings. The highest BCUT2D eigenvalue weighted by Gasteiger charge is 2.23. The lowest BCUT2D eigenvalue weighted by atomic mass is 10.2. The van der Waals surface area contributed by atoms with Crippen molar-refractivity contribution in [1.82, 2.24) is 4.57 Å².